The van der Waals surface area contributed by atoms with Crippen molar-refractivity contribution in [1.29, 1.82) is 0 Å². The zero-order valence-electron chi connectivity index (χ0n) is 9.63. The maximum Gasteiger partial charge on any atom is 0.185 e. The van der Waals surface area contributed by atoms with Gasteiger partial charge in [-0.2, -0.15) is 0 Å². The van der Waals surface area contributed by atoms with Crippen molar-refractivity contribution < 1.29 is 17.1 Å². The predicted molar refractivity (Wildman–Crippen MR) is 66.4 cm³/mol. The van der Waals surface area contributed by atoms with Crippen molar-refractivity contribution in [2.24, 2.45) is 11.8 Å². The molecule has 0 radical (unpaired) electrons. The van der Waals surface area contributed by atoms with Crippen LogP contribution in [0, 0.1) is 11.8 Å². The molecule has 0 aromatic heterocycles. The minimum absolute atomic E-state index is 0. The van der Waals surface area contributed by atoms with Gasteiger partial charge in [0.25, 0.3) is 0 Å². The van der Waals surface area contributed by atoms with E-state index < -0.39 is 4.46 Å². The van der Waals surface area contributed by atoms with E-state index in [1.807, 2.05) is 13.8 Å². The maximum atomic E-state index is 6.10. The van der Waals surface area contributed by atoms with Gasteiger partial charge in [0.05, 0.1) is 5.38 Å². The number of hydrogen-bond donors (Lipinski definition) is 1. The Kier molecular flexibility index (Phi) is 10.5. The van der Waals surface area contributed by atoms with Gasteiger partial charge >= 0.3 is 0 Å². The van der Waals surface area contributed by atoms with Crippen LogP contribution in [0.25, 0.3) is 0 Å². The van der Waals surface area contributed by atoms with E-state index in [9.17, 15) is 0 Å². The summed E-state index contributed by atoms with van der Waals surface area (Å²) in [5.74, 6) is 0.887. The first-order valence-corrected chi connectivity index (χ1v) is 6.23. The zero-order valence-corrected chi connectivity index (χ0v) is 13.0. The van der Waals surface area contributed by atoms with E-state index in [0.717, 1.165) is 13.0 Å². The normalized spacial score (nSPS) is 14.2. The minimum atomic E-state index is -1.02. The van der Waals surface area contributed by atoms with Crippen LogP contribution in [-0.4, -0.2) is 16.4 Å². The van der Waals surface area contributed by atoms with Gasteiger partial charge in [0.2, 0.25) is 0 Å². The quantitative estimate of drug-likeness (QED) is 0.443. The van der Waals surface area contributed by atoms with E-state index in [1.54, 1.807) is 0 Å². The Labute approximate surface area is 119 Å². The first kappa shape index (κ1) is 18.7. The summed E-state index contributed by atoms with van der Waals surface area (Å²) >= 11 is 18.3. The molecule has 94 valence electrons. The van der Waals surface area contributed by atoms with Crippen LogP contribution in [0.1, 0.15) is 34.1 Å². The van der Waals surface area contributed by atoms with Crippen molar-refractivity contribution in [1.82, 2.24) is 5.32 Å². The average Bonchev–Trinajstić information content (AvgIpc) is 2.01. The van der Waals surface area contributed by atoms with E-state index in [1.165, 1.54) is 0 Å². The van der Waals surface area contributed by atoms with E-state index >= 15 is 0 Å². The van der Waals surface area contributed by atoms with Crippen LogP contribution in [0.15, 0.2) is 0 Å². The molecule has 1 unspecified atom stereocenters. The Morgan fingerprint density at radius 2 is 1.60 bits per heavy atom. The molecule has 1 atom stereocenters. The Morgan fingerprint density at radius 1 is 1.13 bits per heavy atom. The van der Waals surface area contributed by atoms with Crippen molar-refractivity contribution in [2.45, 2.75) is 44.0 Å². The number of hydrogen-bond acceptors (Lipinski definition) is 1. The fraction of sp³-hybridized carbons (Fsp3) is 1.00. The van der Waals surface area contributed by atoms with Crippen LogP contribution >= 0.6 is 34.8 Å². The molecule has 0 rings (SSSR count). The van der Waals surface area contributed by atoms with Gasteiger partial charge in [-0.05, 0) is 24.8 Å². The SMILES string of the molecule is CC(C)CCNC(Cl)(Cl)C(Cl)C(C)C.[Fe]. The Balaban J connectivity index is 0. The average molecular weight is 316 g/mol. The molecular formula is C10H20Cl3FeN. The van der Waals surface area contributed by atoms with Crippen LogP contribution in [0.2, 0.25) is 0 Å². The van der Waals surface area contributed by atoms with Crippen LogP contribution < -0.4 is 5.32 Å². The summed E-state index contributed by atoms with van der Waals surface area (Å²) in [4.78, 5) is 0. The van der Waals surface area contributed by atoms with Crippen molar-refractivity contribution in [3.8, 4) is 0 Å². The van der Waals surface area contributed by atoms with Gasteiger partial charge in [-0.3, -0.25) is 5.32 Å². The topological polar surface area (TPSA) is 12.0 Å². The third-order valence-corrected chi connectivity index (χ3v) is 3.81. The number of alkyl halides is 3. The fourth-order valence-electron chi connectivity index (χ4n) is 1.04. The fourth-order valence-corrected chi connectivity index (χ4v) is 1.81. The first-order valence-electron chi connectivity index (χ1n) is 5.04. The summed E-state index contributed by atoms with van der Waals surface area (Å²) in [6.07, 6.45) is 1.04. The molecule has 0 aromatic carbocycles. The van der Waals surface area contributed by atoms with Gasteiger partial charge in [0.15, 0.2) is 4.46 Å². The smallest absolute Gasteiger partial charge is 0.185 e. The van der Waals surface area contributed by atoms with Gasteiger partial charge in [-0.25, -0.2) is 0 Å². The summed E-state index contributed by atoms with van der Waals surface area (Å²) < 4.78 is -1.02. The monoisotopic (exact) mass is 315 g/mol. The Bertz CT molecular complexity index is 163. The van der Waals surface area contributed by atoms with Crippen molar-refractivity contribution in [3.05, 3.63) is 0 Å². The zero-order chi connectivity index (χ0) is 11.4. The van der Waals surface area contributed by atoms with Gasteiger partial charge < -0.3 is 0 Å². The van der Waals surface area contributed by atoms with E-state index in [2.05, 4.69) is 19.2 Å². The van der Waals surface area contributed by atoms with Crippen molar-refractivity contribution in [3.63, 3.8) is 0 Å². The Hall–Kier alpha value is 1.35. The van der Waals surface area contributed by atoms with Crippen molar-refractivity contribution in [2.75, 3.05) is 6.54 Å². The van der Waals surface area contributed by atoms with Gasteiger partial charge in [-0.1, -0.05) is 50.9 Å². The molecule has 15 heavy (non-hydrogen) atoms. The first-order chi connectivity index (χ1) is 6.27. The summed E-state index contributed by atoms with van der Waals surface area (Å²) in [5, 5.41) is 2.79. The molecule has 0 aromatic rings. The second-order valence-corrected chi connectivity index (χ2v) is 6.23. The molecule has 5 heteroatoms. The van der Waals surface area contributed by atoms with E-state index in [4.69, 9.17) is 34.8 Å². The molecule has 0 amide bonds. The van der Waals surface area contributed by atoms with Crippen LogP contribution in [0.3, 0.4) is 0 Å². The molecule has 0 saturated heterocycles. The third kappa shape index (κ3) is 8.12. The van der Waals surface area contributed by atoms with Gasteiger partial charge in [0.1, 0.15) is 0 Å². The van der Waals surface area contributed by atoms with Crippen LogP contribution in [0.5, 0.6) is 0 Å². The largest absolute Gasteiger partial charge is 0.285 e. The van der Waals surface area contributed by atoms with Crippen molar-refractivity contribution >= 4 is 34.8 Å². The molecule has 0 aliphatic heterocycles. The summed E-state index contributed by atoms with van der Waals surface area (Å²) in [6.45, 7) is 9.11. The predicted octanol–water partition coefficient (Wildman–Crippen LogP) is 4.01. The molecule has 0 aliphatic rings. The summed E-state index contributed by atoms with van der Waals surface area (Å²) in [7, 11) is 0. The van der Waals surface area contributed by atoms with E-state index in [-0.39, 0.29) is 28.4 Å². The second kappa shape index (κ2) is 8.44. The number of rotatable bonds is 6. The molecule has 1 N–H and O–H groups in total. The second-order valence-electron chi connectivity index (χ2n) is 4.38. The molecule has 0 aliphatic carbocycles. The molecule has 0 fully saturated rings. The maximum absolute atomic E-state index is 6.10. The summed E-state index contributed by atoms with van der Waals surface area (Å²) in [5.41, 5.74) is 0. The van der Waals surface area contributed by atoms with Crippen LogP contribution in [0.4, 0.5) is 0 Å². The molecule has 0 heterocycles. The molecular weight excluding hydrogens is 296 g/mol. The number of nitrogens with one attached hydrogen (secondary N) is 1. The standard InChI is InChI=1S/C10H20Cl3N.Fe/c1-7(2)5-6-14-10(12,13)9(11)8(3)4;/h7-9,14H,5-6H2,1-4H3;. The molecule has 0 saturated carbocycles. The van der Waals surface area contributed by atoms with Crippen LogP contribution in [-0.2, 0) is 17.1 Å². The number of halogens is 3. The third-order valence-electron chi connectivity index (χ3n) is 2.01. The molecule has 0 spiro atoms. The minimum Gasteiger partial charge on any atom is -0.285 e. The Morgan fingerprint density at radius 3 is 1.93 bits per heavy atom. The molecule has 0 bridgehead atoms. The summed E-state index contributed by atoms with van der Waals surface area (Å²) in [6, 6.07) is 0. The van der Waals surface area contributed by atoms with E-state index in [0.29, 0.717) is 5.92 Å². The van der Waals surface area contributed by atoms with Gasteiger partial charge in [0, 0.05) is 17.1 Å². The molecule has 1 nitrogen and oxygen atoms in total. The van der Waals surface area contributed by atoms with Gasteiger partial charge in [-0.15, -0.1) is 11.6 Å².